The molecule has 0 bridgehead atoms. The second-order valence-corrected chi connectivity index (χ2v) is 8.54. The molecular weight excluding hydrogens is 412 g/mol. The second kappa shape index (κ2) is 9.93. The first-order valence-electron chi connectivity index (χ1n) is 10.2. The highest BCUT2D eigenvalue weighted by atomic mass is 32.2. The Hall–Kier alpha value is -2.91. The quantitative estimate of drug-likeness (QED) is 0.564. The first-order valence-corrected chi connectivity index (χ1v) is 11.2. The van der Waals surface area contributed by atoms with Crippen LogP contribution in [0.5, 0.6) is 0 Å². The van der Waals surface area contributed by atoms with Crippen LogP contribution in [0.25, 0.3) is 0 Å². The molecule has 1 fully saturated rings. The summed E-state index contributed by atoms with van der Waals surface area (Å²) >= 11 is 1.47. The zero-order valence-electron chi connectivity index (χ0n) is 17.7. The molecule has 8 nitrogen and oxygen atoms in total. The van der Waals surface area contributed by atoms with Crippen LogP contribution in [0.3, 0.4) is 0 Å². The molecule has 0 atom stereocenters. The lowest BCUT2D eigenvalue weighted by Gasteiger charge is -2.33. The first kappa shape index (κ1) is 21.3. The standard InChI is InChI=1S/C22H26N6O2S/c1-16-12-18(26-30-16)15-31-22-19(4-3-7-23-22)21(29)25-14-17-5-6-20(24-13-17)28-10-8-27(2)9-11-28/h3-7,12-13H,8-11,14-15H2,1-2H3,(H,25,29). The summed E-state index contributed by atoms with van der Waals surface area (Å²) in [6.07, 6.45) is 3.52. The summed E-state index contributed by atoms with van der Waals surface area (Å²) in [5.74, 6) is 2.18. The van der Waals surface area contributed by atoms with Gasteiger partial charge in [-0.25, -0.2) is 9.97 Å². The summed E-state index contributed by atoms with van der Waals surface area (Å²) in [5.41, 5.74) is 2.34. The molecule has 1 aliphatic rings. The van der Waals surface area contributed by atoms with Gasteiger partial charge in [-0.05, 0) is 37.7 Å². The summed E-state index contributed by atoms with van der Waals surface area (Å²) in [7, 11) is 2.14. The average molecular weight is 439 g/mol. The predicted octanol–water partition coefficient (Wildman–Crippen LogP) is 2.75. The lowest BCUT2D eigenvalue weighted by Crippen LogP contribution is -2.44. The highest BCUT2D eigenvalue weighted by Gasteiger charge is 2.16. The third-order valence-corrected chi connectivity index (χ3v) is 6.18. The van der Waals surface area contributed by atoms with Crippen LogP contribution in [0.1, 0.15) is 27.4 Å². The number of hydrogen-bond donors (Lipinski definition) is 1. The van der Waals surface area contributed by atoms with Gasteiger partial charge in [0.25, 0.3) is 5.91 Å². The molecule has 3 aromatic heterocycles. The number of anilines is 1. The molecule has 0 unspecified atom stereocenters. The van der Waals surface area contributed by atoms with Gasteiger partial charge in [0.15, 0.2) is 0 Å². The van der Waals surface area contributed by atoms with Crippen LogP contribution in [0.4, 0.5) is 5.82 Å². The zero-order valence-corrected chi connectivity index (χ0v) is 18.6. The molecule has 4 heterocycles. The van der Waals surface area contributed by atoms with E-state index in [-0.39, 0.29) is 5.91 Å². The van der Waals surface area contributed by atoms with E-state index in [2.05, 4.69) is 37.3 Å². The molecule has 0 radical (unpaired) electrons. The van der Waals surface area contributed by atoms with Crippen molar-refractivity contribution >= 4 is 23.5 Å². The van der Waals surface area contributed by atoms with Crippen LogP contribution in [0.15, 0.2) is 52.3 Å². The smallest absolute Gasteiger partial charge is 0.254 e. The molecule has 0 aliphatic carbocycles. The van der Waals surface area contributed by atoms with Gasteiger partial charge in [-0.15, -0.1) is 0 Å². The van der Waals surface area contributed by atoms with Gasteiger partial charge >= 0.3 is 0 Å². The molecule has 1 N–H and O–H groups in total. The molecule has 3 aromatic rings. The number of likely N-dealkylation sites (N-methyl/N-ethyl adjacent to an activating group) is 1. The molecule has 0 spiro atoms. The number of nitrogens with zero attached hydrogens (tertiary/aromatic N) is 5. The zero-order chi connectivity index (χ0) is 21.6. The molecule has 0 saturated carbocycles. The van der Waals surface area contributed by atoms with Crippen molar-refractivity contribution in [3.63, 3.8) is 0 Å². The van der Waals surface area contributed by atoms with Gasteiger partial charge in [0, 0.05) is 56.9 Å². The van der Waals surface area contributed by atoms with Crippen LogP contribution >= 0.6 is 11.8 Å². The number of carbonyl (C=O) groups excluding carboxylic acids is 1. The summed E-state index contributed by atoms with van der Waals surface area (Å²) in [5, 5.41) is 7.64. The fourth-order valence-corrected chi connectivity index (χ4v) is 4.20. The Labute approximate surface area is 186 Å². The minimum atomic E-state index is -0.157. The number of amides is 1. The number of pyridine rings is 2. The monoisotopic (exact) mass is 438 g/mol. The predicted molar refractivity (Wildman–Crippen MR) is 120 cm³/mol. The fraction of sp³-hybridized carbons (Fsp3) is 0.364. The number of hydrogen-bond acceptors (Lipinski definition) is 8. The van der Waals surface area contributed by atoms with Crippen LogP contribution in [0, 0.1) is 6.92 Å². The van der Waals surface area contributed by atoms with Crippen molar-refractivity contribution in [1.29, 1.82) is 0 Å². The van der Waals surface area contributed by atoms with E-state index in [1.807, 2.05) is 31.3 Å². The van der Waals surface area contributed by atoms with Crippen LogP contribution in [-0.2, 0) is 12.3 Å². The van der Waals surface area contributed by atoms with Gasteiger partial charge in [0.05, 0.1) is 11.3 Å². The first-order chi connectivity index (χ1) is 15.1. The Balaban J connectivity index is 1.33. The maximum Gasteiger partial charge on any atom is 0.254 e. The maximum absolute atomic E-state index is 12.8. The van der Waals surface area contributed by atoms with E-state index >= 15 is 0 Å². The summed E-state index contributed by atoms with van der Waals surface area (Å²) in [4.78, 5) is 26.3. The normalized spacial score (nSPS) is 14.6. The molecule has 0 aromatic carbocycles. The second-order valence-electron chi connectivity index (χ2n) is 7.57. The van der Waals surface area contributed by atoms with Crippen LogP contribution in [-0.4, -0.2) is 59.2 Å². The summed E-state index contributed by atoms with van der Waals surface area (Å²) < 4.78 is 5.10. The highest BCUT2D eigenvalue weighted by Crippen LogP contribution is 2.24. The molecule has 162 valence electrons. The van der Waals surface area contributed by atoms with E-state index in [4.69, 9.17) is 4.52 Å². The number of thioether (sulfide) groups is 1. The number of nitrogens with one attached hydrogen (secondary N) is 1. The molecule has 1 amide bonds. The topological polar surface area (TPSA) is 87.4 Å². The third kappa shape index (κ3) is 5.62. The number of rotatable bonds is 7. The molecule has 9 heteroatoms. The van der Waals surface area contributed by atoms with E-state index in [1.54, 1.807) is 18.3 Å². The van der Waals surface area contributed by atoms with Gasteiger partial charge in [0.1, 0.15) is 16.6 Å². The van der Waals surface area contributed by atoms with Crippen molar-refractivity contribution in [2.75, 3.05) is 38.1 Å². The molecular formula is C22H26N6O2S. The molecule has 4 rings (SSSR count). The Kier molecular flexibility index (Phi) is 6.83. The van der Waals surface area contributed by atoms with E-state index in [9.17, 15) is 4.79 Å². The number of carbonyl (C=O) groups is 1. The minimum Gasteiger partial charge on any atom is -0.361 e. The van der Waals surface area contributed by atoms with E-state index in [1.165, 1.54) is 11.8 Å². The lowest BCUT2D eigenvalue weighted by atomic mass is 10.2. The van der Waals surface area contributed by atoms with Crippen molar-refractivity contribution in [2.24, 2.45) is 0 Å². The van der Waals surface area contributed by atoms with Crippen molar-refractivity contribution in [2.45, 2.75) is 24.2 Å². The van der Waals surface area contributed by atoms with E-state index in [0.717, 1.165) is 49.0 Å². The lowest BCUT2D eigenvalue weighted by molar-refractivity contribution is 0.0947. The molecule has 1 saturated heterocycles. The minimum absolute atomic E-state index is 0.157. The van der Waals surface area contributed by atoms with Gasteiger partial charge in [-0.1, -0.05) is 23.0 Å². The highest BCUT2D eigenvalue weighted by molar-refractivity contribution is 7.98. The number of aryl methyl sites for hydroxylation is 1. The third-order valence-electron chi connectivity index (χ3n) is 5.14. The van der Waals surface area contributed by atoms with Crippen LogP contribution < -0.4 is 10.2 Å². The van der Waals surface area contributed by atoms with Crippen LogP contribution in [0.2, 0.25) is 0 Å². The van der Waals surface area contributed by atoms with Crippen molar-refractivity contribution in [3.8, 4) is 0 Å². The molecule has 1 aliphatic heterocycles. The van der Waals surface area contributed by atoms with Crippen molar-refractivity contribution in [3.05, 3.63) is 65.3 Å². The largest absolute Gasteiger partial charge is 0.361 e. The van der Waals surface area contributed by atoms with Gasteiger partial charge < -0.3 is 19.6 Å². The maximum atomic E-state index is 12.8. The van der Waals surface area contributed by atoms with Gasteiger partial charge in [-0.2, -0.15) is 0 Å². The van der Waals surface area contributed by atoms with Gasteiger partial charge in [0.2, 0.25) is 0 Å². The van der Waals surface area contributed by atoms with E-state index < -0.39 is 0 Å². The van der Waals surface area contributed by atoms with Gasteiger partial charge in [-0.3, -0.25) is 4.79 Å². The number of piperazine rings is 1. The summed E-state index contributed by atoms with van der Waals surface area (Å²) in [6.45, 7) is 6.32. The average Bonchev–Trinajstić information content (AvgIpc) is 3.22. The number of aromatic nitrogens is 3. The Morgan fingerprint density at radius 2 is 2.03 bits per heavy atom. The Morgan fingerprint density at radius 1 is 1.19 bits per heavy atom. The van der Waals surface area contributed by atoms with Crippen molar-refractivity contribution in [1.82, 2.24) is 25.3 Å². The summed E-state index contributed by atoms with van der Waals surface area (Å²) in [6, 6.07) is 9.48. The van der Waals surface area contributed by atoms with Crippen molar-refractivity contribution < 1.29 is 9.32 Å². The van der Waals surface area contributed by atoms with E-state index in [0.29, 0.717) is 22.9 Å². The Bertz CT molecular complexity index is 1010. The molecule has 31 heavy (non-hydrogen) atoms. The fourth-order valence-electron chi connectivity index (χ4n) is 3.33. The SMILES string of the molecule is Cc1cc(CSc2ncccc2C(=O)NCc2ccc(N3CCN(C)CC3)nc2)no1. The Morgan fingerprint density at radius 3 is 2.74 bits per heavy atom.